The molecule has 1 heterocycles. The number of alkyl halides is 3. The Kier molecular flexibility index (Phi) is 1.73. The van der Waals surface area contributed by atoms with Crippen molar-refractivity contribution in [2.45, 2.75) is 6.18 Å². The molecule has 0 radical (unpaired) electrons. The lowest BCUT2D eigenvalue weighted by molar-refractivity contribution is -0.136. The van der Waals surface area contributed by atoms with Crippen molar-refractivity contribution in [2.75, 3.05) is 0 Å². The molecule has 0 unspecified atom stereocenters. The van der Waals surface area contributed by atoms with E-state index < -0.39 is 23.4 Å². The highest BCUT2D eigenvalue weighted by Gasteiger charge is 2.34. The Morgan fingerprint density at radius 3 is 2.57 bits per heavy atom. The van der Waals surface area contributed by atoms with Gasteiger partial charge < -0.3 is 4.42 Å². The molecule has 0 aliphatic rings. The quantitative estimate of drug-likeness (QED) is 0.618. The van der Waals surface area contributed by atoms with Crippen molar-refractivity contribution in [1.29, 1.82) is 0 Å². The van der Waals surface area contributed by atoms with Crippen molar-refractivity contribution in [1.82, 2.24) is 4.98 Å². The van der Waals surface area contributed by atoms with Crippen molar-refractivity contribution in [2.24, 2.45) is 0 Å². The van der Waals surface area contributed by atoms with Gasteiger partial charge in [0, 0.05) is 0 Å². The third-order valence-corrected chi connectivity index (χ3v) is 1.70. The first-order valence-corrected chi connectivity index (χ1v) is 3.61. The monoisotopic (exact) mass is 205 g/mol. The van der Waals surface area contributed by atoms with Gasteiger partial charge in [0.25, 0.3) is 0 Å². The second kappa shape index (κ2) is 2.70. The number of halogens is 4. The van der Waals surface area contributed by atoms with E-state index in [0.717, 1.165) is 12.1 Å². The fourth-order valence-corrected chi connectivity index (χ4v) is 1.15. The zero-order chi connectivity index (χ0) is 10.3. The van der Waals surface area contributed by atoms with Gasteiger partial charge >= 0.3 is 12.3 Å². The van der Waals surface area contributed by atoms with Crippen molar-refractivity contribution in [3.63, 3.8) is 0 Å². The van der Waals surface area contributed by atoms with Gasteiger partial charge in [-0.1, -0.05) is 6.07 Å². The minimum atomic E-state index is -4.55. The molecule has 0 N–H and O–H groups in total. The van der Waals surface area contributed by atoms with Gasteiger partial charge in [0.05, 0.1) is 5.56 Å². The standard InChI is InChI=1S/C8H3F4NO/c9-7-13-6-4(8(10,11)12)2-1-3-5(6)14-7/h1-3H. The average Bonchev–Trinajstić information content (AvgIpc) is 2.41. The Balaban J connectivity index is 2.77. The number of benzene rings is 1. The van der Waals surface area contributed by atoms with Crippen LogP contribution < -0.4 is 0 Å². The first kappa shape index (κ1) is 8.98. The Hall–Kier alpha value is -1.59. The van der Waals surface area contributed by atoms with Crippen LogP contribution in [0, 0.1) is 6.14 Å². The summed E-state index contributed by atoms with van der Waals surface area (Å²) in [7, 11) is 0. The SMILES string of the molecule is Fc1nc2c(C(F)(F)F)cccc2o1. The highest BCUT2D eigenvalue weighted by molar-refractivity contribution is 5.76. The van der Waals surface area contributed by atoms with E-state index >= 15 is 0 Å². The molecule has 2 rings (SSSR count). The summed E-state index contributed by atoms with van der Waals surface area (Å²) in [4.78, 5) is 3.03. The average molecular weight is 205 g/mol. The van der Waals surface area contributed by atoms with Crippen LogP contribution in [0.3, 0.4) is 0 Å². The van der Waals surface area contributed by atoms with Crippen LogP contribution in [-0.2, 0) is 6.18 Å². The van der Waals surface area contributed by atoms with E-state index in [0.29, 0.717) is 0 Å². The van der Waals surface area contributed by atoms with Gasteiger partial charge in [-0.2, -0.15) is 18.2 Å². The van der Waals surface area contributed by atoms with Crippen LogP contribution in [0.5, 0.6) is 0 Å². The van der Waals surface area contributed by atoms with Crippen molar-refractivity contribution in [3.8, 4) is 0 Å². The minimum absolute atomic E-state index is 0.211. The normalized spacial score (nSPS) is 12.3. The number of hydrogen-bond acceptors (Lipinski definition) is 2. The predicted molar refractivity (Wildman–Crippen MR) is 39.0 cm³/mol. The zero-order valence-electron chi connectivity index (χ0n) is 6.60. The molecule has 0 aliphatic heterocycles. The lowest BCUT2D eigenvalue weighted by Crippen LogP contribution is -2.05. The molecule has 1 aromatic carbocycles. The maximum Gasteiger partial charge on any atom is 0.418 e. The van der Waals surface area contributed by atoms with Crippen LogP contribution in [-0.4, -0.2) is 4.98 Å². The number of nitrogens with zero attached hydrogens (tertiary/aromatic N) is 1. The van der Waals surface area contributed by atoms with E-state index in [4.69, 9.17) is 0 Å². The maximum absolute atomic E-state index is 12.4. The third-order valence-electron chi connectivity index (χ3n) is 1.70. The number of aromatic nitrogens is 1. The molecule has 0 saturated carbocycles. The fraction of sp³-hybridized carbons (Fsp3) is 0.125. The summed E-state index contributed by atoms with van der Waals surface area (Å²) >= 11 is 0. The van der Waals surface area contributed by atoms with E-state index in [1.54, 1.807) is 0 Å². The molecule has 0 atom stereocenters. The lowest BCUT2D eigenvalue weighted by atomic mass is 10.2. The largest absolute Gasteiger partial charge is 0.418 e. The Morgan fingerprint density at radius 2 is 1.93 bits per heavy atom. The van der Waals surface area contributed by atoms with Gasteiger partial charge in [-0.15, -0.1) is 4.39 Å². The van der Waals surface area contributed by atoms with E-state index in [1.165, 1.54) is 6.07 Å². The van der Waals surface area contributed by atoms with Crippen molar-refractivity contribution >= 4 is 11.1 Å². The molecule has 6 heteroatoms. The summed E-state index contributed by atoms with van der Waals surface area (Å²) < 4.78 is 53.7. The Bertz CT molecular complexity index is 474. The molecular formula is C8H3F4NO. The summed E-state index contributed by atoms with van der Waals surface area (Å²) in [5.74, 6) is 0. The second-order valence-electron chi connectivity index (χ2n) is 2.62. The molecule has 0 amide bonds. The fourth-order valence-electron chi connectivity index (χ4n) is 1.15. The number of para-hydroxylation sites is 1. The number of rotatable bonds is 0. The summed E-state index contributed by atoms with van der Waals surface area (Å²) in [5, 5.41) is 0. The zero-order valence-corrected chi connectivity index (χ0v) is 6.60. The molecule has 0 saturated heterocycles. The first-order valence-electron chi connectivity index (χ1n) is 3.61. The Labute approximate surface area is 75.2 Å². The van der Waals surface area contributed by atoms with Gasteiger partial charge in [0.2, 0.25) is 0 Å². The molecule has 2 nitrogen and oxygen atoms in total. The van der Waals surface area contributed by atoms with Crippen molar-refractivity contribution in [3.05, 3.63) is 29.9 Å². The van der Waals surface area contributed by atoms with E-state index in [2.05, 4.69) is 9.40 Å². The second-order valence-corrected chi connectivity index (χ2v) is 2.62. The van der Waals surface area contributed by atoms with Crippen LogP contribution in [0.15, 0.2) is 22.6 Å². The van der Waals surface area contributed by atoms with Crippen LogP contribution in [0.25, 0.3) is 11.1 Å². The number of fused-ring (bicyclic) bond motifs is 1. The van der Waals surface area contributed by atoms with E-state index in [9.17, 15) is 17.6 Å². The maximum atomic E-state index is 12.4. The summed E-state index contributed by atoms with van der Waals surface area (Å²) in [6.45, 7) is 0. The van der Waals surface area contributed by atoms with Gasteiger partial charge in [0.1, 0.15) is 5.52 Å². The molecule has 14 heavy (non-hydrogen) atoms. The molecule has 74 valence electrons. The summed E-state index contributed by atoms with van der Waals surface area (Å²) in [5.41, 5.74) is -1.71. The van der Waals surface area contributed by atoms with Gasteiger partial charge in [-0.25, -0.2) is 0 Å². The topological polar surface area (TPSA) is 26.0 Å². The number of hydrogen-bond donors (Lipinski definition) is 0. The van der Waals surface area contributed by atoms with Crippen LogP contribution in [0.1, 0.15) is 5.56 Å². The highest BCUT2D eigenvalue weighted by Crippen LogP contribution is 2.34. The highest BCUT2D eigenvalue weighted by atomic mass is 19.4. The molecule has 2 aromatic rings. The van der Waals surface area contributed by atoms with E-state index in [-0.39, 0.29) is 5.58 Å². The van der Waals surface area contributed by atoms with Gasteiger partial charge in [-0.05, 0) is 12.1 Å². The smallest absolute Gasteiger partial charge is 0.415 e. The number of oxazole rings is 1. The van der Waals surface area contributed by atoms with Crippen LogP contribution in [0.4, 0.5) is 17.6 Å². The molecule has 0 spiro atoms. The first-order chi connectivity index (χ1) is 6.48. The molecule has 0 aliphatic carbocycles. The van der Waals surface area contributed by atoms with Gasteiger partial charge in [-0.3, -0.25) is 0 Å². The minimum Gasteiger partial charge on any atom is -0.415 e. The van der Waals surface area contributed by atoms with Crippen molar-refractivity contribution < 1.29 is 22.0 Å². The molecule has 1 aromatic heterocycles. The molecule has 0 bridgehead atoms. The van der Waals surface area contributed by atoms with E-state index in [1.807, 2.05) is 0 Å². The molecule has 0 fully saturated rings. The summed E-state index contributed by atoms with van der Waals surface area (Å²) in [6.07, 6.45) is -5.82. The van der Waals surface area contributed by atoms with Gasteiger partial charge in [0.15, 0.2) is 5.58 Å². The summed E-state index contributed by atoms with van der Waals surface area (Å²) in [6, 6.07) is 3.18. The van der Waals surface area contributed by atoms with Crippen LogP contribution >= 0.6 is 0 Å². The third kappa shape index (κ3) is 1.32. The lowest BCUT2D eigenvalue weighted by Gasteiger charge is -2.05. The van der Waals surface area contributed by atoms with Crippen LogP contribution in [0.2, 0.25) is 0 Å². The predicted octanol–water partition coefficient (Wildman–Crippen LogP) is 2.99. The molecular weight excluding hydrogens is 202 g/mol. The Morgan fingerprint density at radius 1 is 1.21 bits per heavy atom.